The third-order valence-electron chi connectivity index (χ3n) is 2.89. The van der Waals surface area contributed by atoms with Crippen LogP contribution in [0.25, 0.3) is 0 Å². The Bertz CT molecular complexity index is 363. The van der Waals surface area contributed by atoms with Gasteiger partial charge in [-0.3, -0.25) is 0 Å². The van der Waals surface area contributed by atoms with Gasteiger partial charge in [0, 0.05) is 32.2 Å². The minimum Gasteiger partial charge on any atom is -0.476 e. The van der Waals surface area contributed by atoms with E-state index in [4.69, 9.17) is 9.47 Å². The summed E-state index contributed by atoms with van der Waals surface area (Å²) in [7, 11) is 1.70. The largest absolute Gasteiger partial charge is 0.476 e. The molecule has 0 saturated heterocycles. The second kappa shape index (κ2) is 7.40. The maximum atomic E-state index is 5.55. The van der Waals surface area contributed by atoms with Crippen molar-refractivity contribution in [3.05, 3.63) is 17.8 Å². The van der Waals surface area contributed by atoms with Crippen molar-refractivity contribution in [2.45, 2.75) is 52.3 Å². The molecule has 0 fully saturated rings. The zero-order valence-corrected chi connectivity index (χ0v) is 12.6. The molecule has 0 aliphatic heterocycles. The zero-order chi connectivity index (χ0) is 14.3. The Labute approximate surface area is 115 Å². The van der Waals surface area contributed by atoms with Crippen molar-refractivity contribution < 1.29 is 9.47 Å². The Morgan fingerprint density at radius 2 is 2.00 bits per heavy atom. The summed E-state index contributed by atoms with van der Waals surface area (Å²) in [4.78, 5) is 0. The second-order valence-corrected chi connectivity index (χ2v) is 5.46. The number of nitrogens with one attached hydrogen (secondary N) is 1. The number of hydrogen-bond acceptors (Lipinski definition) is 5. The van der Waals surface area contributed by atoms with Gasteiger partial charge in [0.05, 0.1) is 17.9 Å². The van der Waals surface area contributed by atoms with Crippen molar-refractivity contribution in [1.82, 2.24) is 15.5 Å². The van der Waals surface area contributed by atoms with E-state index in [1.165, 1.54) is 0 Å². The van der Waals surface area contributed by atoms with E-state index >= 15 is 0 Å². The summed E-state index contributed by atoms with van der Waals surface area (Å²) in [6.45, 7) is 9.55. The lowest BCUT2D eigenvalue weighted by Gasteiger charge is -2.22. The van der Waals surface area contributed by atoms with Crippen LogP contribution in [-0.4, -0.2) is 35.6 Å². The summed E-state index contributed by atoms with van der Waals surface area (Å²) < 4.78 is 10.9. The molecule has 1 N–H and O–H groups in total. The predicted octanol–water partition coefficient (Wildman–Crippen LogP) is 2.17. The molecule has 1 aromatic rings. The summed E-state index contributed by atoms with van der Waals surface area (Å²) in [5, 5.41) is 11.5. The van der Waals surface area contributed by atoms with Gasteiger partial charge in [-0.2, -0.15) is 5.10 Å². The Kier molecular flexibility index (Phi) is 6.18. The summed E-state index contributed by atoms with van der Waals surface area (Å²) in [5.41, 5.74) is 0.743. The van der Waals surface area contributed by atoms with E-state index in [9.17, 15) is 0 Å². The first-order chi connectivity index (χ1) is 8.93. The van der Waals surface area contributed by atoms with Gasteiger partial charge in [0.25, 0.3) is 0 Å². The molecule has 0 amide bonds. The molecule has 0 radical (unpaired) electrons. The van der Waals surface area contributed by atoms with Gasteiger partial charge in [0.1, 0.15) is 0 Å². The van der Waals surface area contributed by atoms with Crippen LogP contribution in [0.4, 0.5) is 0 Å². The van der Waals surface area contributed by atoms with Crippen molar-refractivity contribution in [3.8, 4) is 5.88 Å². The lowest BCUT2D eigenvalue weighted by molar-refractivity contribution is 0.00500. The average Bonchev–Trinajstić information content (AvgIpc) is 2.37. The van der Waals surface area contributed by atoms with Crippen molar-refractivity contribution >= 4 is 0 Å². The van der Waals surface area contributed by atoms with Crippen molar-refractivity contribution in [2.24, 2.45) is 0 Å². The molecule has 0 aliphatic carbocycles. The van der Waals surface area contributed by atoms with Gasteiger partial charge in [0.15, 0.2) is 0 Å². The molecule has 108 valence electrons. The molecule has 1 rings (SSSR count). The fourth-order valence-electron chi connectivity index (χ4n) is 1.33. The first-order valence-electron chi connectivity index (χ1n) is 6.67. The van der Waals surface area contributed by atoms with Gasteiger partial charge < -0.3 is 14.8 Å². The highest BCUT2D eigenvalue weighted by molar-refractivity contribution is 5.11. The molecule has 0 unspecified atom stereocenters. The van der Waals surface area contributed by atoms with Gasteiger partial charge in [0.2, 0.25) is 5.88 Å². The molecule has 19 heavy (non-hydrogen) atoms. The minimum absolute atomic E-state index is 0.172. The van der Waals surface area contributed by atoms with E-state index in [1.807, 2.05) is 26.0 Å². The molecule has 0 aliphatic rings. The van der Waals surface area contributed by atoms with Crippen LogP contribution in [0.3, 0.4) is 0 Å². The van der Waals surface area contributed by atoms with E-state index in [-0.39, 0.29) is 5.60 Å². The van der Waals surface area contributed by atoms with Crippen LogP contribution in [0, 0.1) is 0 Å². The lowest BCUT2D eigenvalue weighted by atomic mass is 10.1. The molecule has 5 heteroatoms. The summed E-state index contributed by atoms with van der Waals surface area (Å²) >= 11 is 0. The average molecular weight is 267 g/mol. The molecular weight excluding hydrogens is 242 g/mol. The number of aromatic nitrogens is 2. The predicted molar refractivity (Wildman–Crippen MR) is 75.2 cm³/mol. The second-order valence-electron chi connectivity index (χ2n) is 5.46. The van der Waals surface area contributed by atoms with Crippen LogP contribution in [-0.2, 0) is 11.3 Å². The molecule has 1 heterocycles. The monoisotopic (exact) mass is 267 g/mol. The van der Waals surface area contributed by atoms with E-state index in [0.29, 0.717) is 18.5 Å². The van der Waals surface area contributed by atoms with Gasteiger partial charge in [-0.25, -0.2) is 0 Å². The van der Waals surface area contributed by atoms with E-state index < -0.39 is 0 Å². The molecule has 5 nitrogen and oxygen atoms in total. The molecule has 1 aromatic heterocycles. The maximum Gasteiger partial charge on any atom is 0.233 e. The van der Waals surface area contributed by atoms with E-state index in [0.717, 1.165) is 18.7 Å². The standard InChI is InChI=1S/C14H25N3O2/c1-11(2)15-10-12-6-7-13(17-16-12)19-9-8-14(3,4)18-5/h6-7,11,15H,8-10H2,1-5H3. The topological polar surface area (TPSA) is 56.3 Å². The third kappa shape index (κ3) is 6.50. The molecule has 0 bridgehead atoms. The Balaban J connectivity index is 2.36. The lowest BCUT2D eigenvalue weighted by Crippen LogP contribution is -2.25. The highest BCUT2D eigenvalue weighted by atomic mass is 16.5. The molecule has 0 saturated carbocycles. The van der Waals surface area contributed by atoms with E-state index in [1.54, 1.807) is 7.11 Å². The number of methoxy groups -OCH3 is 1. The summed E-state index contributed by atoms with van der Waals surface area (Å²) in [5.74, 6) is 0.556. The van der Waals surface area contributed by atoms with Crippen molar-refractivity contribution in [3.63, 3.8) is 0 Å². The van der Waals surface area contributed by atoms with Crippen molar-refractivity contribution in [1.29, 1.82) is 0 Å². The third-order valence-corrected chi connectivity index (χ3v) is 2.89. The Hall–Kier alpha value is -1.20. The van der Waals surface area contributed by atoms with Crippen LogP contribution in [0.1, 0.15) is 39.8 Å². The van der Waals surface area contributed by atoms with E-state index in [2.05, 4.69) is 29.4 Å². The molecule has 0 spiro atoms. The molecule has 0 aromatic carbocycles. The Morgan fingerprint density at radius 3 is 2.53 bits per heavy atom. The maximum absolute atomic E-state index is 5.55. The van der Waals surface area contributed by atoms with Crippen LogP contribution in [0.5, 0.6) is 5.88 Å². The smallest absolute Gasteiger partial charge is 0.233 e. The highest BCUT2D eigenvalue weighted by Crippen LogP contribution is 2.14. The zero-order valence-electron chi connectivity index (χ0n) is 12.6. The first-order valence-corrected chi connectivity index (χ1v) is 6.67. The number of ether oxygens (including phenoxy) is 2. The van der Waals surface area contributed by atoms with Crippen LogP contribution in [0.15, 0.2) is 12.1 Å². The normalized spacial score (nSPS) is 11.9. The van der Waals surface area contributed by atoms with Crippen LogP contribution < -0.4 is 10.1 Å². The molecular formula is C14H25N3O2. The number of nitrogens with zero attached hydrogens (tertiary/aromatic N) is 2. The number of hydrogen-bond donors (Lipinski definition) is 1. The van der Waals surface area contributed by atoms with Gasteiger partial charge in [-0.1, -0.05) is 13.8 Å². The van der Waals surface area contributed by atoms with Crippen LogP contribution >= 0.6 is 0 Å². The SMILES string of the molecule is COC(C)(C)CCOc1ccc(CNC(C)C)nn1. The Morgan fingerprint density at radius 1 is 1.26 bits per heavy atom. The number of rotatable bonds is 8. The quantitative estimate of drug-likeness (QED) is 0.782. The van der Waals surface area contributed by atoms with Gasteiger partial charge >= 0.3 is 0 Å². The highest BCUT2D eigenvalue weighted by Gasteiger charge is 2.16. The fraction of sp³-hybridized carbons (Fsp3) is 0.714. The van der Waals surface area contributed by atoms with Gasteiger partial charge in [-0.05, 0) is 19.9 Å². The molecule has 0 atom stereocenters. The fourth-order valence-corrected chi connectivity index (χ4v) is 1.33. The summed E-state index contributed by atoms with van der Waals surface area (Å²) in [6.07, 6.45) is 0.807. The van der Waals surface area contributed by atoms with Crippen LogP contribution in [0.2, 0.25) is 0 Å². The van der Waals surface area contributed by atoms with Crippen molar-refractivity contribution in [2.75, 3.05) is 13.7 Å². The van der Waals surface area contributed by atoms with Gasteiger partial charge in [-0.15, -0.1) is 5.10 Å². The minimum atomic E-state index is -0.172. The first kappa shape index (κ1) is 15.9. The summed E-state index contributed by atoms with van der Waals surface area (Å²) in [6, 6.07) is 4.22.